The number of nitriles is 1. The summed E-state index contributed by atoms with van der Waals surface area (Å²) in [6.45, 7) is 0. The number of carbonyl (C=O) groups is 2. The first-order valence-electron chi connectivity index (χ1n) is 9.03. The SMILES string of the molecule is CN1C(=O)C2(C(C#N)=C(N)OC(C(F)(F)F)=C2C(=O)c2ccccc2)c2ccccc21. The number of alkyl halides is 3. The number of hydrogen-bond acceptors (Lipinski definition) is 5. The van der Waals surface area contributed by atoms with E-state index in [9.17, 15) is 28.0 Å². The van der Waals surface area contributed by atoms with E-state index in [0.717, 1.165) is 4.90 Å². The molecule has 2 aromatic carbocycles. The number of Topliss-reactive ketones (excluding diaryl/α,β-unsaturated/α-hetero) is 1. The van der Waals surface area contributed by atoms with E-state index in [1.807, 2.05) is 0 Å². The third-order valence-electron chi connectivity index (χ3n) is 5.36. The predicted octanol–water partition coefficient (Wildman–Crippen LogP) is 3.32. The van der Waals surface area contributed by atoms with E-state index in [0.29, 0.717) is 0 Å². The molecule has 0 saturated carbocycles. The highest BCUT2D eigenvalue weighted by atomic mass is 19.4. The second-order valence-electron chi connectivity index (χ2n) is 6.98. The summed E-state index contributed by atoms with van der Waals surface area (Å²) in [6, 6.07) is 14.9. The molecule has 4 rings (SSSR count). The van der Waals surface area contributed by atoms with Crippen LogP contribution in [0.1, 0.15) is 15.9 Å². The number of benzene rings is 2. The lowest BCUT2D eigenvalue weighted by molar-refractivity contribution is -0.130. The van der Waals surface area contributed by atoms with Gasteiger partial charge >= 0.3 is 6.18 Å². The van der Waals surface area contributed by atoms with Gasteiger partial charge in [0.1, 0.15) is 17.1 Å². The van der Waals surface area contributed by atoms with Crippen LogP contribution < -0.4 is 10.6 Å². The van der Waals surface area contributed by atoms with E-state index in [2.05, 4.69) is 0 Å². The molecule has 0 aromatic heterocycles. The van der Waals surface area contributed by atoms with Crippen LogP contribution in [0.3, 0.4) is 0 Å². The molecule has 2 N–H and O–H groups in total. The van der Waals surface area contributed by atoms with Gasteiger partial charge in [-0.15, -0.1) is 0 Å². The highest BCUT2D eigenvalue weighted by Crippen LogP contribution is 2.55. The van der Waals surface area contributed by atoms with Crippen molar-refractivity contribution in [3.8, 4) is 6.07 Å². The first kappa shape index (κ1) is 20.2. The summed E-state index contributed by atoms with van der Waals surface area (Å²) >= 11 is 0. The van der Waals surface area contributed by atoms with E-state index in [4.69, 9.17) is 10.5 Å². The second kappa shape index (κ2) is 6.74. The third-order valence-corrected chi connectivity index (χ3v) is 5.36. The number of allylic oxidation sites excluding steroid dienone is 1. The van der Waals surface area contributed by atoms with Crippen LogP contribution >= 0.6 is 0 Å². The summed E-state index contributed by atoms with van der Waals surface area (Å²) in [4.78, 5) is 28.1. The van der Waals surface area contributed by atoms with Crippen molar-refractivity contribution in [1.29, 1.82) is 5.26 Å². The lowest BCUT2D eigenvalue weighted by Crippen LogP contribution is -2.49. The zero-order chi connectivity index (χ0) is 22.6. The van der Waals surface area contributed by atoms with Crippen LogP contribution in [0, 0.1) is 11.3 Å². The number of nitrogens with zero attached hydrogens (tertiary/aromatic N) is 2. The number of ether oxygens (including phenoxy) is 1. The monoisotopic (exact) mass is 425 g/mol. The minimum atomic E-state index is -5.16. The molecule has 2 aliphatic heterocycles. The Hall–Kier alpha value is -4.06. The summed E-state index contributed by atoms with van der Waals surface area (Å²) < 4.78 is 47.1. The topological polar surface area (TPSA) is 96.4 Å². The highest BCUT2D eigenvalue weighted by Gasteiger charge is 2.64. The van der Waals surface area contributed by atoms with Crippen LogP contribution in [0.15, 0.2) is 77.4 Å². The Labute approximate surface area is 174 Å². The van der Waals surface area contributed by atoms with Gasteiger partial charge in [0.2, 0.25) is 17.5 Å². The van der Waals surface area contributed by atoms with E-state index in [-0.39, 0.29) is 16.8 Å². The number of fused-ring (bicyclic) bond motifs is 2. The summed E-state index contributed by atoms with van der Waals surface area (Å²) in [6.07, 6.45) is -5.16. The molecule has 2 aliphatic rings. The van der Waals surface area contributed by atoms with Crippen molar-refractivity contribution in [3.63, 3.8) is 0 Å². The van der Waals surface area contributed by atoms with Crippen LogP contribution in [0.2, 0.25) is 0 Å². The third kappa shape index (κ3) is 2.65. The molecule has 31 heavy (non-hydrogen) atoms. The van der Waals surface area contributed by atoms with Gasteiger partial charge in [0, 0.05) is 23.9 Å². The molecule has 2 aromatic rings. The van der Waals surface area contributed by atoms with Gasteiger partial charge < -0.3 is 15.4 Å². The van der Waals surface area contributed by atoms with Crippen LogP contribution in [0.25, 0.3) is 0 Å². The largest absolute Gasteiger partial charge is 0.450 e. The van der Waals surface area contributed by atoms with Gasteiger partial charge in [-0.3, -0.25) is 9.59 Å². The molecule has 1 unspecified atom stereocenters. The lowest BCUT2D eigenvalue weighted by Gasteiger charge is -2.36. The molecule has 0 aliphatic carbocycles. The number of halogens is 3. The Kier molecular flexibility index (Phi) is 4.39. The molecule has 156 valence electrons. The normalized spacial score (nSPS) is 20.6. The molecule has 0 radical (unpaired) electrons. The van der Waals surface area contributed by atoms with E-state index in [1.54, 1.807) is 18.2 Å². The van der Waals surface area contributed by atoms with Crippen molar-refractivity contribution < 1.29 is 27.5 Å². The maximum atomic E-state index is 14.1. The Bertz CT molecular complexity index is 1230. The van der Waals surface area contributed by atoms with Gasteiger partial charge in [-0.25, -0.2) is 0 Å². The van der Waals surface area contributed by atoms with Crippen LogP contribution in [-0.2, 0) is 14.9 Å². The number of anilines is 1. The molecule has 2 heterocycles. The average Bonchev–Trinajstić information content (AvgIpc) is 2.96. The standard InChI is InChI=1S/C22H14F3N3O3/c1-28-15-10-6-5-9-13(15)21(20(28)30)14(11-26)19(27)31-18(22(23,24)25)16(21)17(29)12-7-3-2-4-8-12/h2-10H,27H2,1H3. The number of nitrogens with two attached hydrogens (primary N) is 1. The van der Waals surface area contributed by atoms with E-state index in [1.165, 1.54) is 49.5 Å². The van der Waals surface area contributed by atoms with Gasteiger partial charge in [-0.05, 0) is 6.07 Å². The molecule has 9 heteroatoms. The van der Waals surface area contributed by atoms with Crippen LogP contribution in [-0.4, -0.2) is 24.9 Å². The summed E-state index contributed by atoms with van der Waals surface area (Å²) in [7, 11) is 1.36. The van der Waals surface area contributed by atoms with Gasteiger partial charge in [-0.1, -0.05) is 48.5 Å². The number of hydrogen-bond donors (Lipinski definition) is 1. The molecule has 0 fully saturated rings. The van der Waals surface area contributed by atoms with Crippen molar-refractivity contribution in [3.05, 3.63) is 88.5 Å². The first-order valence-corrected chi connectivity index (χ1v) is 9.03. The molecular formula is C22H14F3N3O3. The van der Waals surface area contributed by atoms with Gasteiger partial charge in [0.15, 0.2) is 5.78 Å². The van der Waals surface area contributed by atoms with Gasteiger partial charge in [-0.2, -0.15) is 18.4 Å². The summed E-state index contributed by atoms with van der Waals surface area (Å²) in [5.41, 5.74) is 1.98. The molecule has 6 nitrogen and oxygen atoms in total. The number of carbonyl (C=O) groups excluding carboxylic acids is 2. The van der Waals surface area contributed by atoms with Crippen molar-refractivity contribution in [1.82, 2.24) is 0 Å². The first-order chi connectivity index (χ1) is 14.7. The Balaban J connectivity index is 2.18. The Morgan fingerprint density at radius 2 is 1.74 bits per heavy atom. The smallest absolute Gasteiger partial charge is 0.435 e. The van der Waals surface area contributed by atoms with Crippen LogP contribution in [0.4, 0.5) is 18.9 Å². The quantitative estimate of drug-likeness (QED) is 0.745. The second-order valence-corrected chi connectivity index (χ2v) is 6.98. The number of amides is 1. The summed E-state index contributed by atoms with van der Waals surface area (Å²) in [5, 5.41) is 9.82. The zero-order valence-corrected chi connectivity index (χ0v) is 16.0. The minimum absolute atomic E-state index is 0.0475. The van der Waals surface area contributed by atoms with Crippen LogP contribution in [0.5, 0.6) is 0 Å². The fourth-order valence-corrected chi connectivity index (χ4v) is 4.08. The highest BCUT2D eigenvalue weighted by molar-refractivity contribution is 6.23. The van der Waals surface area contributed by atoms with Crippen molar-refractivity contribution >= 4 is 17.4 Å². The fraction of sp³-hybridized carbons (Fsp3) is 0.136. The molecule has 0 bridgehead atoms. The number of likely N-dealkylation sites (N-methyl/N-ethyl adjacent to an activating group) is 1. The molecule has 1 spiro atoms. The molecule has 1 amide bonds. The maximum absolute atomic E-state index is 14.1. The lowest BCUT2D eigenvalue weighted by atomic mass is 9.66. The molecule has 0 saturated heterocycles. The van der Waals surface area contributed by atoms with Crippen molar-refractivity contribution in [2.75, 3.05) is 11.9 Å². The number of para-hydroxylation sites is 1. The predicted molar refractivity (Wildman–Crippen MR) is 103 cm³/mol. The minimum Gasteiger partial charge on any atom is -0.435 e. The molecule has 1 atom stereocenters. The van der Waals surface area contributed by atoms with E-state index < -0.39 is 46.1 Å². The van der Waals surface area contributed by atoms with E-state index >= 15 is 0 Å². The summed E-state index contributed by atoms with van der Waals surface area (Å²) in [5.74, 6) is -4.58. The Morgan fingerprint density at radius 3 is 2.35 bits per heavy atom. The van der Waals surface area contributed by atoms with Crippen molar-refractivity contribution in [2.24, 2.45) is 5.73 Å². The maximum Gasteiger partial charge on any atom is 0.450 e. The number of ketones is 1. The Morgan fingerprint density at radius 1 is 1.13 bits per heavy atom. The fourth-order valence-electron chi connectivity index (χ4n) is 4.08. The average molecular weight is 425 g/mol. The zero-order valence-electron chi connectivity index (χ0n) is 16.0. The van der Waals surface area contributed by atoms with Gasteiger partial charge in [0.25, 0.3) is 0 Å². The van der Waals surface area contributed by atoms with Gasteiger partial charge in [0.05, 0.1) is 5.57 Å². The van der Waals surface area contributed by atoms with Crippen molar-refractivity contribution in [2.45, 2.75) is 11.6 Å². The molecular weight excluding hydrogens is 411 g/mol. The number of rotatable bonds is 2.